The lowest BCUT2D eigenvalue weighted by Crippen LogP contribution is -2.24. The summed E-state index contributed by atoms with van der Waals surface area (Å²) in [6, 6.07) is 14.4. The minimum atomic E-state index is -0.808. The van der Waals surface area contributed by atoms with Crippen molar-refractivity contribution in [2.75, 3.05) is 13.7 Å². The van der Waals surface area contributed by atoms with Crippen molar-refractivity contribution in [1.29, 1.82) is 0 Å². The zero-order valence-electron chi connectivity index (χ0n) is 14.6. The number of ether oxygens (including phenoxy) is 1. The SMILES string of the molecule is CCOC(=O)c1ccccc1C(C(N)=O)c1cn(OC)c2ccccc12. The molecule has 0 saturated carbocycles. The van der Waals surface area contributed by atoms with E-state index in [1.54, 1.807) is 49.2 Å². The molecule has 3 aromatic rings. The molecule has 0 spiro atoms. The second-order valence-electron chi connectivity index (χ2n) is 5.75. The van der Waals surface area contributed by atoms with E-state index >= 15 is 0 Å². The fourth-order valence-corrected chi connectivity index (χ4v) is 3.17. The Hall–Kier alpha value is -3.28. The van der Waals surface area contributed by atoms with Gasteiger partial charge in [0.25, 0.3) is 0 Å². The molecule has 1 amide bonds. The third-order valence-corrected chi connectivity index (χ3v) is 4.27. The monoisotopic (exact) mass is 352 g/mol. The zero-order valence-corrected chi connectivity index (χ0v) is 14.6. The van der Waals surface area contributed by atoms with Crippen LogP contribution in [0.5, 0.6) is 0 Å². The van der Waals surface area contributed by atoms with Gasteiger partial charge in [0.05, 0.1) is 23.6 Å². The molecule has 134 valence electrons. The van der Waals surface area contributed by atoms with Gasteiger partial charge in [-0.2, -0.15) is 4.73 Å². The number of nitrogens with two attached hydrogens (primary N) is 1. The van der Waals surface area contributed by atoms with Crippen LogP contribution in [0.15, 0.2) is 54.7 Å². The summed E-state index contributed by atoms with van der Waals surface area (Å²) < 4.78 is 6.70. The van der Waals surface area contributed by atoms with Crippen LogP contribution in [0.3, 0.4) is 0 Å². The van der Waals surface area contributed by atoms with Gasteiger partial charge in [-0.25, -0.2) is 4.79 Å². The molecule has 0 fully saturated rings. The molecule has 1 aromatic heterocycles. The Bertz CT molecular complexity index is 961. The number of carbonyl (C=O) groups is 2. The molecule has 1 atom stereocenters. The number of esters is 1. The van der Waals surface area contributed by atoms with Crippen molar-refractivity contribution in [3.05, 3.63) is 71.4 Å². The Morgan fingerprint density at radius 2 is 1.77 bits per heavy atom. The van der Waals surface area contributed by atoms with E-state index in [1.165, 1.54) is 0 Å². The summed E-state index contributed by atoms with van der Waals surface area (Å²) in [5.74, 6) is -1.84. The second kappa shape index (κ2) is 7.31. The van der Waals surface area contributed by atoms with E-state index in [0.717, 1.165) is 10.9 Å². The molecule has 1 unspecified atom stereocenters. The van der Waals surface area contributed by atoms with Gasteiger partial charge in [-0.3, -0.25) is 4.79 Å². The Morgan fingerprint density at radius 1 is 1.08 bits per heavy atom. The molecule has 2 N–H and O–H groups in total. The first-order valence-corrected chi connectivity index (χ1v) is 8.28. The number of aromatic nitrogens is 1. The first-order valence-electron chi connectivity index (χ1n) is 8.28. The predicted octanol–water partition coefficient (Wildman–Crippen LogP) is 2.49. The van der Waals surface area contributed by atoms with Crippen LogP contribution in [0.1, 0.15) is 34.3 Å². The van der Waals surface area contributed by atoms with Crippen LogP contribution in [0.25, 0.3) is 10.9 Å². The highest BCUT2D eigenvalue weighted by Crippen LogP contribution is 2.33. The highest BCUT2D eigenvalue weighted by molar-refractivity contribution is 5.98. The van der Waals surface area contributed by atoms with E-state index in [9.17, 15) is 9.59 Å². The van der Waals surface area contributed by atoms with Gasteiger partial charge in [-0.15, -0.1) is 0 Å². The molecule has 0 bridgehead atoms. The largest absolute Gasteiger partial charge is 0.462 e. The molecule has 0 aliphatic heterocycles. The molecular weight excluding hydrogens is 332 g/mol. The first-order chi connectivity index (χ1) is 12.6. The molecule has 6 nitrogen and oxygen atoms in total. The van der Waals surface area contributed by atoms with Crippen LogP contribution >= 0.6 is 0 Å². The fraction of sp³-hybridized carbons (Fsp3) is 0.200. The summed E-state index contributed by atoms with van der Waals surface area (Å²) in [6.07, 6.45) is 1.72. The Balaban J connectivity index is 2.22. The third-order valence-electron chi connectivity index (χ3n) is 4.27. The lowest BCUT2D eigenvalue weighted by molar-refractivity contribution is -0.118. The van der Waals surface area contributed by atoms with E-state index in [0.29, 0.717) is 16.7 Å². The lowest BCUT2D eigenvalue weighted by Gasteiger charge is -2.17. The number of rotatable bonds is 6. The van der Waals surface area contributed by atoms with Crippen molar-refractivity contribution in [2.45, 2.75) is 12.8 Å². The van der Waals surface area contributed by atoms with Crippen molar-refractivity contribution < 1.29 is 19.2 Å². The van der Waals surface area contributed by atoms with E-state index < -0.39 is 17.8 Å². The fourth-order valence-electron chi connectivity index (χ4n) is 3.17. The molecule has 6 heteroatoms. The number of hydrogen-bond donors (Lipinski definition) is 1. The smallest absolute Gasteiger partial charge is 0.338 e. The molecule has 1 heterocycles. The van der Waals surface area contributed by atoms with E-state index in [-0.39, 0.29) is 6.61 Å². The third kappa shape index (κ3) is 3.01. The van der Waals surface area contributed by atoms with Gasteiger partial charge in [0.15, 0.2) is 0 Å². The number of fused-ring (bicyclic) bond motifs is 1. The maximum Gasteiger partial charge on any atom is 0.338 e. The Kier molecular flexibility index (Phi) is 4.93. The number of para-hydroxylation sites is 1. The normalized spacial score (nSPS) is 11.9. The lowest BCUT2D eigenvalue weighted by atomic mass is 9.87. The summed E-state index contributed by atoms with van der Waals surface area (Å²) in [5, 5.41) is 0.830. The predicted molar refractivity (Wildman–Crippen MR) is 97.9 cm³/mol. The number of carbonyl (C=O) groups excluding carboxylic acids is 2. The topological polar surface area (TPSA) is 83.5 Å². The van der Waals surface area contributed by atoms with Crippen molar-refractivity contribution >= 4 is 22.8 Å². The van der Waals surface area contributed by atoms with Crippen molar-refractivity contribution in [3.8, 4) is 0 Å². The van der Waals surface area contributed by atoms with Crippen molar-refractivity contribution in [1.82, 2.24) is 4.73 Å². The van der Waals surface area contributed by atoms with Crippen molar-refractivity contribution in [3.63, 3.8) is 0 Å². The summed E-state index contributed by atoms with van der Waals surface area (Å²) in [7, 11) is 1.54. The maximum atomic E-state index is 12.4. The van der Waals surface area contributed by atoms with Crippen molar-refractivity contribution in [2.24, 2.45) is 5.73 Å². The van der Waals surface area contributed by atoms with E-state index in [2.05, 4.69) is 0 Å². The number of amides is 1. The average molecular weight is 352 g/mol. The number of primary amides is 1. The standard InChI is InChI=1S/C20H20N2O4/c1-3-26-20(24)15-10-5-4-9-14(15)18(19(21)23)16-12-22(25-2)17-11-7-6-8-13(16)17/h4-12,18H,3H2,1-2H3,(H2,21,23). The number of benzene rings is 2. The van der Waals surface area contributed by atoms with Crippen LogP contribution in [0.2, 0.25) is 0 Å². The van der Waals surface area contributed by atoms with Gasteiger partial charge < -0.3 is 15.3 Å². The summed E-state index contributed by atoms with van der Waals surface area (Å²) in [4.78, 5) is 30.1. The molecule has 0 saturated heterocycles. The molecule has 3 rings (SSSR count). The van der Waals surface area contributed by atoms with Gasteiger partial charge in [0, 0.05) is 11.6 Å². The highest BCUT2D eigenvalue weighted by Gasteiger charge is 2.29. The minimum absolute atomic E-state index is 0.247. The van der Waals surface area contributed by atoms with Crippen LogP contribution in [-0.2, 0) is 9.53 Å². The number of hydrogen-bond acceptors (Lipinski definition) is 4. The van der Waals surface area contributed by atoms with Crippen LogP contribution < -0.4 is 10.6 Å². The molecule has 0 aliphatic carbocycles. The summed E-state index contributed by atoms with van der Waals surface area (Å²) in [6.45, 7) is 1.98. The minimum Gasteiger partial charge on any atom is -0.462 e. The molecule has 2 aromatic carbocycles. The van der Waals surface area contributed by atoms with Gasteiger partial charge in [-0.1, -0.05) is 36.4 Å². The van der Waals surface area contributed by atoms with Crippen LogP contribution in [-0.4, -0.2) is 30.3 Å². The zero-order chi connectivity index (χ0) is 18.7. The summed E-state index contributed by atoms with van der Waals surface area (Å²) >= 11 is 0. The molecule has 0 radical (unpaired) electrons. The second-order valence-corrected chi connectivity index (χ2v) is 5.75. The highest BCUT2D eigenvalue weighted by atomic mass is 16.6. The Labute approximate surface area is 151 Å². The van der Waals surface area contributed by atoms with Crippen LogP contribution in [0, 0.1) is 0 Å². The molecule has 26 heavy (non-hydrogen) atoms. The molecular formula is C20H20N2O4. The quantitative estimate of drug-likeness (QED) is 0.691. The van der Waals surface area contributed by atoms with E-state index in [4.69, 9.17) is 15.3 Å². The Morgan fingerprint density at radius 3 is 2.46 bits per heavy atom. The van der Waals surface area contributed by atoms with Gasteiger partial charge in [-0.05, 0) is 30.2 Å². The van der Waals surface area contributed by atoms with Gasteiger partial charge in [0.1, 0.15) is 7.11 Å². The maximum absolute atomic E-state index is 12.4. The van der Waals surface area contributed by atoms with E-state index in [1.807, 2.05) is 24.3 Å². The summed E-state index contributed by atoms with van der Waals surface area (Å²) in [5.41, 5.74) is 8.07. The van der Waals surface area contributed by atoms with Gasteiger partial charge in [0.2, 0.25) is 5.91 Å². The number of nitrogens with zero attached hydrogens (tertiary/aromatic N) is 1. The molecule has 0 aliphatic rings. The first kappa shape index (κ1) is 17.5. The van der Waals surface area contributed by atoms with Crippen LogP contribution in [0.4, 0.5) is 0 Å². The van der Waals surface area contributed by atoms with Gasteiger partial charge >= 0.3 is 5.97 Å². The average Bonchev–Trinajstić information content (AvgIpc) is 3.01.